The van der Waals surface area contributed by atoms with Crippen LogP contribution in [0.3, 0.4) is 0 Å². The Morgan fingerprint density at radius 3 is 2.36 bits per heavy atom. The third kappa shape index (κ3) is 2.66. The molecule has 0 N–H and O–H groups in total. The summed E-state index contributed by atoms with van der Waals surface area (Å²) in [5, 5.41) is -5.94. The fourth-order valence-corrected chi connectivity index (χ4v) is 3.66. The van der Waals surface area contributed by atoms with E-state index in [1.165, 1.54) is 0 Å². The van der Waals surface area contributed by atoms with Crippen LogP contribution >= 0.6 is 0 Å². The lowest BCUT2D eigenvalue weighted by Crippen LogP contribution is -2.53. The maximum atomic E-state index is 13.4. The van der Waals surface area contributed by atoms with E-state index < -0.39 is 69.7 Å². The quantitative estimate of drug-likeness (QED) is 0.369. The van der Waals surface area contributed by atoms with Gasteiger partial charge in [0.2, 0.25) is 0 Å². The van der Waals surface area contributed by atoms with E-state index in [-0.39, 0.29) is 6.42 Å². The van der Waals surface area contributed by atoms with Crippen LogP contribution in [0.1, 0.15) is 6.42 Å². The monoisotopic (exact) mass is 395 g/mol. The zero-order chi connectivity index (χ0) is 18.9. The van der Waals surface area contributed by atoms with Gasteiger partial charge in [-0.3, -0.25) is 9.59 Å². The van der Waals surface area contributed by atoms with Crippen LogP contribution in [-0.2, 0) is 33.9 Å². The summed E-state index contributed by atoms with van der Waals surface area (Å²) in [5.41, 5.74) is 0. The lowest BCUT2D eigenvalue weighted by molar-refractivity contribution is -0.261. The van der Waals surface area contributed by atoms with Gasteiger partial charge in [-0.05, 0) is 6.42 Å². The molecule has 25 heavy (non-hydrogen) atoms. The Bertz CT molecular complexity index is 718. The summed E-state index contributed by atoms with van der Waals surface area (Å²) in [4.78, 5) is 23.4. The molecular formula is C11H8F5O8S-. The first-order valence-electron chi connectivity index (χ1n) is 6.71. The second-order valence-electron chi connectivity index (χ2n) is 5.78. The van der Waals surface area contributed by atoms with Crippen LogP contribution < -0.4 is 0 Å². The predicted octanol–water partition coefficient (Wildman–Crippen LogP) is -0.0726. The summed E-state index contributed by atoms with van der Waals surface area (Å²) in [6, 6.07) is 0. The van der Waals surface area contributed by atoms with Crippen molar-refractivity contribution in [3.8, 4) is 0 Å². The van der Waals surface area contributed by atoms with Crippen LogP contribution in [-0.4, -0.2) is 60.8 Å². The Morgan fingerprint density at radius 1 is 1.24 bits per heavy atom. The van der Waals surface area contributed by atoms with Crippen molar-refractivity contribution in [1.29, 1.82) is 0 Å². The van der Waals surface area contributed by atoms with Crippen molar-refractivity contribution in [3.63, 3.8) is 0 Å². The third-order valence-electron chi connectivity index (χ3n) is 4.29. The van der Waals surface area contributed by atoms with E-state index in [1.54, 1.807) is 0 Å². The number of hydrogen-bond donors (Lipinski definition) is 0. The molecule has 8 nitrogen and oxygen atoms in total. The van der Waals surface area contributed by atoms with Crippen LogP contribution in [0.15, 0.2) is 0 Å². The molecule has 0 aromatic rings. The molecule has 6 atom stereocenters. The van der Waals surface area contributed by atoms with Gasteiger partial charge in [0.25, 0.3) is 6.10 Å². The Hall–Kier alpha value is -1.54. The van der Waals surface area contributed by atoms with Gasteiger partial charge in [-0.15, -0.1) is 0 Å². The molecule has 0 aromatic carbocycles. The highest BCUT2D eigenvalue weighted by Gasteiger charge is 2.68. The lowest BCUT2D eigenvalue weighted by Gasteiger charge is -2.31. The van der Waals surface area contributed by atoms with Gasteiger partial charge in [-0.25, -0.2) is 8.42 Å². The Balaban J connectivity index is 1.84. The van der Waals surface area contributed by atoms with Crippen LogP contribution in [0.5, 0.6) is 0 Å². The molecule has 0 radical (unpaired) electrons. The Kier molecular flexibility index (Phi) is 3.82. The largest absolute Gasteiger partial charge is 0.743 e. The van der Waals surface area contributed by atoms with Gasteiger partial charge >= 0.3 is 23.4 Å². The van der Waals surface area contributed by atoms with Gasteiger partial charge in [0, 0.05) is 0 Å². The molecule has 0 saturated carbocycles. The summed E-state index contributed by atoms with van der Waals surface area (Å²) in [6.07, 6.45) is -13.9. The molecule has 14 heteroatoms. The van der Waals surface area contributed by atoms with E-state index in [1.807, 2.05) is 0 Å². The minimum Gasteiger partial charge on any atom is -0.743 e. The SMILES string of the molecule is O=C1OC2C3OC(CC13)C2C(=O)OC(C(F)(F)F)C(F)(F)S(=O)(=O)[O-]. The van der Waals surface area contributed by atoms with Crippen molar-refractivity contribution in [3.05, 3.63) is 0 Å². The number of carbonyl (C=O) groups excluding carboxylic acids is 2. The predicted molar refractivity (Wildman–Crippen MR) is 60.7 cm³/mol. The average molecular weight is 395 g/mol. The highest BCUT2D eigenvalue weighted by molar-refractivity contribution is 7.86. The summed E-state index contributed by atoms with van der Waals surface area (Å²) in [7, 11) is -6.78. The Morgan fingerprint density at radius 2 is 1.84 bits per heavy atom. The number of hydrogen-bond acceptors (Lipinski definition) is 8. The summed E-state index contributed by atoms with van der Waals surface area (Å²) < 4.78 is 110. The summed E-state index contributed by atoms with van der Waals surface area (Å²) in [5.74, 6) is -4.97. The first-order valence-corrected chi connectivity index (χ1v) is 8.12. The second-order valence-corrected chi connectivity index (χ2v) is 7.24. The van der Waals surface area contributed by atoms with Gasteiger partial charge in [0.1, 0.15) is 18.1 Å². The highest BCUT2D eigenvalue weighted by Crippen LogP contribution is 2.50. The first-order chi connectivity index (χ1) is 11.2. The molecule has 142 valence electrons. The number of carbonyl (C=O) groups is 2. The molecular weight excluding hydrogens is 387 g/mol. The molecule has 6 unspecified atom stereocenters. The lowest BCUT2D eigenvalue weighted by atomic mass is 9.82. The zero-order valence-electron chi connectivity index (χ0n) is 11.7. The molecule has 3 saturated heterocycles. The van der Waals surface area contributed by atoms with Crippen molar-refractivity contribution < 1.29 is 58.7 Å². The van der Waals surface area contributed by atoms with Gasteiger partial charge in [0.15, 0.2) is 10.1 Å². The number of alkyl halides is 5. The summed E-state index contributed by atoms with van der Waals surface area (Å²) >= 11 is 0. The standard InChI is InChI=1S/C11H9F5O8S/c12-10(13,14)9(11(15,16)25(19,20)21)24-8(18)4-3-1-2-5(22-3)6(4)23-7(2)17/h2-6,9H,1H2,(H,19,20,21)/p-1. The summed E-state index contributed by atoms with van der Waals surface area (Å²) in [6.45, 7) is 0. The average Bonchev–Trinajstić information content (AvgIpc) is 3.03. The molecule has 0 amide bonds. The van der Waals surface area contributed by atoms with Gasteiger partial charge in [0.05, 0.1) is 12.0 Å². The van der Waals surface area contributed by atoms with Crippen molar-refractivity contribution in [2.45, 2.75) is 42.3 Å². The molecule has 3 aliphatic heterocycles. The molecule has 3 rings (SSSR count). The number of ether oxygens (including phenoxy) is 3. The van der Waals surface area contributed by atoms with Crippen molar-refractivity contribution in [2.24, 2.45) is 11.8 Å². The molecule has 0 aliphatic carbocycles. The van der Waals surface area contributed by atoms with Crippen LogP contribution in [0.25, 0.3) is 0 Å². The number of halogens is 5. The van der Waals surface area contributed by atoms with Crippen LogP contribution in [0, 0.1) is 11.8 Å². The van der Waals surface area contributed by atoms with Crippen molar-refractivity contribution in [1.82, 2.24) is 0 Å². The molecule has 3 aliphatic rings. The van der Waals surface area contributed by atoms with Crippen molar-refractivity contribution >= 4 is 22.1 Å². The number of esters is 2. The minimum atomic E-state index is -6.78. The van der Waals surface area contributed by atoms with E-state index in [2.05, 4.69) is 4.74 Å². The topological polar surface area (TPSA) is 119 Å². The van der Waals surface area contributed by atoms with Gasteiger partial charge in [-0.1, -0.05) is 0 Å². The zero-order valence-corrected chi connectivity index (χ0v) is 12.6. The smallest absolute Gasteiger partial charge is 0.432 e. The van der Waals surface area contributed by atoms with E-state index >= 15 is 0 Å². The molecule has 0 aromatic heterocycles. The fraction of sp³-hybridized carbons (Fsp3) is 0.818. The van der Waals surface area contributed by atoms with Crippen molar-refractivity contribution in [2.75, 3.05) is 0 Å². The van der Waals surface area contributed by atoms with E-state index in [9.17, 15) is 44.5 Å². The third-order valence-corrected chi connectivity index (χ3v) is 5.17. The Labute approximate surface area is 135 Å². The molecule has 2 bridgehead atoms. The second kappa shape index (κ2) is 5.23. The number of fused-ring (bicyclic) bond motifs is 1. The van der Waals surface area contributed by atoms with E-state index in [0.29, 0.717) is 0 Å². The maximum Gasteiger partial charge on any atom is 0.432 e. The van der Waals surface area contributed by atoms with Gasteiger partial charge in [-0.2, -0.15) is 22.0 Å². The molecule has 0 spiro atoms. The molecule has 3 fully saturated rings. The molecule has 3 heterocycles. The maximum absolute atomic E-state index is 13.4. The normalized spacial score (nSPS) is 35.6. The fourth-order valence-electron chi connectivity index (χ4n) is 3.22. The first kappa shape index (κ1) is 18.3. The van der Waals surface area contributed by atoms with E-state index in [4.69, 9.17) is 9.47 Å². The van der Waals surface area contributed by atoms with Gasteiger partial charge < -0.3 is 18.8 Å². The highest BCUT2D eigenvalue weighted by atomic mass is 32.2. The van der Waals surface area contributed by atoms with Crippen LogP contribution in [0.2, 0.25) is 0 Å². The number of rotatable bonds is 4. The van der Waals surface area contributed by atoms with E-state index in [0.717, 1.165) is 0 Å². The minimum absolute atomic E-state index is 0.0767. The van der Waals surface area contributed by atoms with Crippen LogP contribution in [0.4, 0.5) is 22.0 Å².